The molecule has 7 nitrogen and oxygen atoms in total. The van der Waals surface area contributed by atoms with Crippen LogP contribution >= 0.6 is 0 Å². The summed E-state index contributed by atoms with van der Waals surface area (Å²) in [5, 5.41) is 17.3. The fourth-order valence-electron chi connectivity index (χ4n) is 2.98. The van der Waals surface area contributed by atoms with E-state index < -0.39 is 5.97 Å². The zero-order chi connectivity index (χ0) is 18.7. The van der Waals surface area contributed by atoms with Gasteiger partial charge in [-0.1, -0.05) is 49.4 Å². The summed E-state index contributed by atoms with van der Waals surface area (Å²) in [6, 6.07) is 13.9. The van der Waals surface area contributed by atoms with E-state index in [0.29, 0.717) is 23.3 Å². The molecule has 1 aliphatic heterocycles. The van der Waals surface area contributed by atoms with Crippen molar-refractivity contribution in [2.45, 2.75) is 13.3 Å². The Bertz CT molecular complexity index is 917. The lowest BCUT2D eigenvalue weighted by atomic mass is 9.92. The van der Waals surface area contributed by atoms with Crippen LogP contribution in [0.3, 0.4) is 0 Å². The van der Waals surface area contributed by atoms with E-state index in [4.69, 9.17) is 5.84 Å². The van der Waals surface area contributed by atoms with Crippen LogP contribution < -0.4 is 11.3 Å². The van der Waals surface area contributed by atoms with Crippen LogP contribution in [-0.2, 0) is 4.79 Å². The molecule has 132 valence electrons. The van der Waals surface area contributed by atoms with Crippen LogP contribution in [0.4, 0.5) is 0 Å². The quantitative estimate of drug-likeness (QED) is 0.444. The monoisotopic (exact) mass is 350 g/mol. The second-order valence-corrected chi connectivity index (χ2v) is 6.04. The number of aromatic carboxylic acids is 1. The lowest BCUT2D eigenvalue weighted by Gasteiger charge is -2.19. The summed E-state index contributed by atoms with van der Waals surface area (Å²) in [4.78, 5) is 22.8. The summed E-state index contributed by atoms with van der Waals surface area (Å²) in [7, 11) is 0. The summed E-state index contributed by atoms with van der Waals surface area (Å²) in [6.45, 7) is 1.95. The molecule has 0 saturated heterocycles. The number of hydrogen-bond acceptors (Lipinski definition) is 5. The summed E-state index contributed by atoms with van der Waals surface area (Å²) in [5.41, 5.74) is 5.84. The lowest BCUT2D eigenvalue weighted by molar-refractivity contribution is -0.121. The van der Waals surface area contributed by atoms with Gasteiger partial charge in [0, 0.05) is 23.5 Å². The lowest BCUT2D eigenvalue weighted by Crippen LogP contribution is -2.31. The van der Waals surface area contributed by atoms with Gasteiger partial charge in [-0.2, -0.15) is 10.2 Å². The number of nitrogens with two attached hydrogens (primary N) is 1. The Hall–Kier alpha value is -3.48. The number of hydrogen-bond donors (Lipinski definition) is 3. The van der Waals surface area contributed by atoms with Crippen LogP contribution in [0.5, 0.6) is 0 Å². The van der Waals surface area contributed by atoms with Crippen molar-refractivity contribution < 1.29 is 14.7 Å². The van der Waals surface area contributed by atoms with Gasteiger partial charge < -0.3 is 10.9 Å². The molecule has 0 saturated carbocycles. The van der Waals surface area contributed by atoms with Crippen molar-refractivity contribution in [3.8, 4) is 0 Å². The molecule has 2 aromatic rings. The second kappa shape index (κ2) is 7.18. The molecule has 2 aromatic carbocycles. The predicted molar refractivity (Wildman–Crippen MR) is 98.1 cm³/mol. The van der Waals surface area contributed by atoms with Gasteiger partial charge in [0.25, 0.3) is 0 Å². The largest absolute Gasteiger partial charge is 0.478 e. The van der Waals surface area contributed by atoms with Gasteiger partial charge in [-0.05, 0) is 11.6 Å². The van der Waals surface area contributed by atoms with Crippen LogP contribution in [0.2, 0.25) is 0 Å². The molecule has 1 unspecified atom stereocenters. The number of nitrogens with zero attached hydrogens (tertiary/aromatic N) is 2. The first kappa shape index (κ1) is 17.3. The fraction of sp³-hybridized carbons (Fsp3) is 0.158. The third-order valence-electron chi connectivity index (χ3n) is 4.26. The zero-order valence-electron chi connectivity index (χ0n) is 14.1. The van der Waals surface area contributed by atoms with Gasteiger partial charge in [-0.15, -0.1) is 0 Å². The van der Waals surface area contributed by atoms with E-state index in [-0.39, 0.29) is 17.4 Å². The number of carbonyl (C=O) groups is 2. The van der Waals surface area contributed by atoms with Crippen LogP contribution in [0.1, 0.15) is 40.4 Å². The summed E-state index contributed by atoms with van der Waals surface area (Å²) >= 11 is 0. The second-order valence-electron chi connectivity index (χ2n) is 6.04. The molecule has 1 heterocycles. The Morgan fingerprint density at radius 3 is 2.42 bits per heavy atom. The highest BCUT2D eigenvalue weighted by atomic mass is 16.4. The molecule has 1 aliphatic rings. The van der Waals surface area contributed by atoms with E-state index in [9.17, 15) is 14.7 Å². The van der Waals surface area contributed by atoms with Gasteiger partial charge in [-0.25, -0.2) is 10.2 Å². The molecule has 26 heavy (non-hydrogen) atoms. The topological polar surface area (TPSA) is 117 Å². The van der Waals surface area contributed by atoms with Crippen molar-refractivity contribution in [2.24, 2.45) is 22.0 Å². The summed E-state index contributed by atoms with van der Waals surface area (Å²) in [6.07, 6.45) is 0.391. The number of carboxylic acid groups (broad SMARTS) is 1. The van der Waals surface area contributed by atoms with E-state index in [2.05, 4.69) is 15.6 Å². The molecule has 4 N–H and O–H groups in total. The van der Waals surface area contributed by atoms with E-state index in [1.54, 1.807) is 18.2 Å². The van der Waals surface area contributed by atoms with Crippen LogP contribution in [0.15, 0.2) is 58.7 Å². The van der Waals surface area contributed by atoms with Crippen molar-refractivity contribution in [3.63, 3.8) is 0 Å². The minimum absolute atomic E-state index is 0.0185. The number of rotatable bonds is 4. The molecular formula is C19H18N4O3. The first-order valence-corrected chi connectivity index (χ1v) is 8.09. The average molecular weight is 350 g/mol. The van der Waals surface area contributed by atoms with E-state index in [1.165, 1.54) is 6.07 Å². The summed E-state index contributed by atoms with van der Waals surface area (Å²) in [5.74, 6) is 4.43. The molecule has 3 rings (SSSR count). The fourth-order valence-corrected chi connectivity index (χ4v) is 2.98. The Balaban J connectivity index is 1.95. The number of amides is 1. The van der Waals surface area contributed by atoms with Gasteiger partial charge >= 0.3 is 5.97 Å². The van der Waals surface area contributed by atoms with Gasteiger partial charge in [0.1, 0.15) is 0 Å². The highest BCUT2D eigenvalue weighted by Crippen LogP contribution is 2.20. The van der Waals surface area contributed by atoms with Gasteiger partial charge in [0.15, 0.2) is 0 Å². The summed E-state index contributed by atoms with van der Waals surface area (Å²) < 4.78 is 0. The van der Waals surface area contributed by atoms with Crippen LogP contribution in [0, 0.1) is 5.92 Å². The SMILES string of the molecule is CC1CC(=O)NN=C1c1ccc(C(=NN)c2ccccc2C(=O)O)cc1. The third kappa shape index (κ3) is 3.32. The average Bonchev–Trinajstić information content (AvgIpc) is 2.63. The van der Waals surface area contributed by atoms with Crippen molar-refractivity contribution >= 4 is 23.3 Å². The molecule has 0 aliphatic carbocycles. The maximum Gasteiger partial charge on any atom is 0.336 e. The van der Waals surface area contributed by atoms with Gasteiger partial charge in [-0.3, -0.25) is 4.79 Å². The molecule has 7 heteroatoms. The molecule has 0 aromatic heterocycles. The minimum atomic E-state index is -1.04. The van der Waals surface area contributed by atoms with Crippen LogP contribution in [0.25, 0.3) is 0 Å². The minimum Gasteiger partial charge on any atom is -0.478 e. The maximum atomic E-state index is 11.5. The van der Waals surface area contributed by atoms with Crippen molar-refractivity contribution in [3.05, 3.63) is 70.8 Å². The highest BCUT2D eigenvalue weighted by molar-refractivity contribution is 6.17. The number of carbonyl (C=O) groups excluding carboxylic acids is 1. The number of carboxylic acids is 1. The molecule has 0 spiro atoms. The number of benzene rings is 2. The maximum absolute atomic E-state index is 11.5. The predicted octanol–water partition coefficient (Wildman–Crippen LogP) is 1.96. The molecule has 0 fully saturated rings. The van der Waals surface area contributed by atoms with Crippen molar-refractivity contribution in [1.29, 1.82) is 0 Å². The normalized spacial score (nSPS) is 17.4. The van der Waals surface area contributed by atoms with E-state index >= 15 is 0 Å². The Kier molecular flexibility index (Phi) is 4.79. The number of nitrogens with one attached hydrogen (secondary N) is 1. The first-order chi connectivity index (χ1) is 12.5. The Morgan fingerprint density at radius 2 is 1.85 bits per heavy atom. The smallest absolute Gasteiger partial charge is 0.336 e. The first-order valence-electron chi connectivity index (χ1n) is 8.09. The number of hydrazone groups is 2. The Labute approximate surface area is 150 Å². The third-order valence-corrected chi connectivity index (χ3v) is 4.26. The van der Waals surface area contributed by atoms with Gasteiger partial charge in [0.2, 0.25) is 5.91 Å². The van der Waals surface area contributed by atoms with Crippen LogP contribution in [-0.4, -0.2) is 28.4 Å². The van der Waals surface area contributed by atoms with E-state index in [0.717, 1.165) is 11.3 Å². The highest BCUT2D eigenvalue weighted by Gasteiger charge is 2.22. The Morgan fingerprint density at radius 1 is 1.19 bits per heavy atom. The zero-order valence-corrected chi connectivity index (χ0v) is 14.1. The molecule has 1 amide bonds. The standard InChI is InChI=1S/C19H18N4O3/c1-11-10-16(24)22-23-17(11)12-6-8-13(9-7-12)18(21-20)14-4-2-3-5-15(14)19(25)26/h2-9,11H,10,20H2,1H3,(H,22,24)(H,25,26). The van der Waals surface area contributed by atoms with Crippen molar-refractivity contribution in [2.75, 3.05) is 0 Å². The molecular weight excluding hydrogens is 332 g/mol. The van der Waals surface area contributed by atoms with Crippen molar-refractivity contribution in [1.82, 2.24) is 5.43 Å². The molecule has 0 radical (unpaired) electrons. The van der Waals surface area contributed by atoms with E-state index in [1.807, 2.05) is 31.2 Å². The molecule has 1 atom stereocenters. The molecule has 0 bridgehead atoms. The van der Waals surface area contributed by atoms with Gasteiger partial charge in [0.05, 0.1) is 17.0 Å².